The number of nitrogens with zero attached hydrogens (tertiary/aromatic N) is 2. The summed E-state index contributed by atoms with van der Waals surface area (Å²) in [7, 11) is 0. The van der Waals surface area contributed by atoms with Gasteiger partial charge in [0.05, 0.1) is 23.2 Å². The lowest BCUT2D eigenvalue weighted by Gasteiger charge is -2.20. The Hall–Kier alpha value is -3.20. The number of nitrogens with one attached hydrogen (secondary N) is 2. The highest BCUT2D eigenvalue weighted by molar-refractivity contribution is 7.99. The summed E-state index contributed by atoms with van der Waals surface area (Å²) in [6.07, 6.45) is 0. The van der Waals surface area contributed by atoms with E-state index in [0.29, 0.717) is 16.1 Å². The molecule has 9 heteroatoms. The summed E-state index contributed by atoms with van der Waals surface area (Å²) < 4.78 is 14.7. The Balaban J connectivity index is 1.84. The molecular weight excluding hydrogens is 419 g/mol. The first-order chi connectivity index (χ1) is 14.6. The van der Waals surface area contributed by atoms with Crippen molar-refractivity contribution in [3.8, 4) is 0 Å². The minimum Gasteiger partial charge on any atom is -0.333 e. The highest BCUT2D eigenvalue weighted by atomic mass is 32.2. The first-order valence-corrected chi connectivity index (χ1v) is 10.6. The van der Waals surface area contributed by atoms with Gasteiger partial charge >= 0.3 is 6.03 Å². The summed E-state index contributed by atoms with van der Waals surface area (Å²) in [5.74, 6) is -0.985. The Morgan fingerprint density at radius 3 is 2.45 bits per heavy atom. The number of rotatable bonds is 5. The van der Waals surface area contributed by atoms with Crippen molar-refractivity contribution >= 4 is 34.6 Å². The lowest BCUT2D eigenvalue weighted by Crippen LogP contribution is -2.48. The van der Waals surface area contributed by atoms with Crippen LogP contribution < -0.4 is 16.2 Å². The molecule has 3 aromatic rings. The van der Waals surface area contributed by atoms with Gasteiger partial charge in [0, 0.05) is 5.54 Å². The van der Waals surface area contributed by atoms with Crippen LogP contribution in [0.5, 0.6) is 0 Å². The van der Waals surface area contributed by atoms with Gasteiger partial charge in [0.2, 0.25) is 5.91 Å². The maximum atomic E-state index is 13.2. The van der Waals surface area contributed by atoms with Crippen LogP contribution in [-0.2, 0) is 11.3 Å². The fourth-order valence-electron chi connectivity index (χ4n) is 2.83. The molecule has 2 aromatic carbocycles. The van der Waals surface area contributed by atoms with Crippen LogP contribution in [-0.4, -0.2) is 32.8 Å². The van der Waals surface area contributed by atoms with E-state index in [1.165, 1.54) is 16.7 Å². The molecule has 0 fully saturated rings. The zero-order valence-electron chi connectivity index (χ0n) is 17.4. The first kappa shape index (κ1) is 22.5. The molecule has 1 aromatic heterocycles. The van der Waals surface area contributed by atoms with Gasteiger partial charge in [0.25, 0.3) is 5.56 Å². The molecule has 0 saturated heterocycles. The monoisotopic (exact) mass is 442 g/mol. The Labute approximate surface area is 183 Å². The van der Waals surface area contributed by atoms with Crippen molar-refractivity contribution < 1.29 is 14.0 Å². The number of para-hydroxylation sites is 1. The molecule has 0 aliphatic heterocycles. The number of carbonyl (C=O) groups excluding carboxylic acids is 2. The van der Waals surface area contributed by atoms with Crippen molar-refractivity contribution in [1.29, 1.82) is 0 Å². The van der Waals surface area contributed by atoms with Crippen molar-refractivity contribution in [2.45, 2.75) is 38.0 Å². The van der Waals surface area contributed by atoms with Crippen LogP contribution in [0.15, 0.2) is 58.5 Å². The van der Waals surface area contributed by atoms with E-state index < -0.39 is 17.5 Å². The molecule has 31 heavy (non-hydrogen) atoms. The van der Waals surface area contributed by atoms with Gasteiger partial charge in [-0.2, -0.15) is 0 Å². The van der Waals surface area contributed by atoms with Crippen molar-refractivity contribution in [3.05, 3.63) is 70.3 Å². The second-order valence-corrected chi connectivity index (χ2v) is 8.91. The van der Waals surface area contributed by atoms with E-state index in [-0.39, 0.29) is 23.7 Å². The fraction of sp³-hybridized carbons (Fsp3) is 0.273. The van der Waals surface area contributed by atoms with Gasteiger partial charge in [-0.25, -0.2) is 14.2 Å². The highest BCUT2D eigenvalue weighted by Gasteiger charge is 2.17. The minimum absolute atomic E-state index is 0.105. The van der Waals surface area contributed by atoms with E-state index in [0.717, 1.165) is 17.3 Å². The SMILES string of the molecule is CC(C)(C)NC(=O)NC(=O)CSc1nc2ccccc2c(=O)n1Cc1ccc(F)cc1. The third kappa shape index (κ3) is 6.14. The fourth-order valence-corrected chi connectivity index (χ4v) is 3.63. The first-order valence-electron chi connectivity index (χ1n) is 9.61. The maximum Gasteiger partial charge on any atom is 0.321 e. The largest absolute Gasteiger partial charge is 0.333 e. The number of imide groups is 1. The van der Waals surface area contributed by atoms with Gasteiger partial charge in [-0.3, -0.25) is 19.5 Å². The molecule has 1 heterocycles. The number of benzene rings is 2. The van der Waals surface area contributed by atoms with E-state index in [1.54, 1.807) is 57.2 Å². The number of hydrogen-bond acceptors (Lipinski definition) is 5. The van der Waals surface area contributed by atoms with Crippen molar-refractivity contribution in [3.63, 3.8) is 0 Å². The highest BCUT2D eigenvalue weighted by Crippen LogP contribution is 2.19. The Morgan fingerprint density at radius 2 is 1.77 bits per heavy atom. The molecule has 162 valence electrons. The second kappa shape index (κ2) is 9.30. The van der Waals surface area contributed by atoms with Gasteiger partial charge < -0.3 is 5.32 Å². The van der Waals surface area contributed by atoms with E-state index in [2.05, 4.69) is 15.6 Å². The van der Waals surface area contributed by atoms with Crippen LogP contribution in [0.2, 0.25) is 0 Å². The zero-order chi connectivity index (χ0) is 22.6. The standard InChI is InChI=1S/C22H23FN4O3S/c1-22(2,3)26-20(30)25-18(28)13-31-21-24-17-7-5-4-6-16(17)19(29)27(21)12-14-8-10-15(23)11-9-14/h4-11H,12-13H2,1-3H3,(H2,25,26,28,30). The second-order valence-electron chi connectivity index (χ2n) is 7.97. The Morgan fingerprint density at radius 1 is 1.10 bits per heavy atom. The summed E-state index contributed by atoms with van der Waals surface area (Å²) >= 11 is 1.05. The van der Waals surface area contributed by atoms with E-state index in [1.807, 2.05) is 0 Å². The molecule has 0 spiro atoms. The summed E-state index contributed by atoms with van der Waals surface area (Å²) in [6.45, 7) is 5.59. The number of hydrogen-bond donors (Lipinski definition) is 2. The molecule has 2 N–H and O–H groups in total. The predicted octanol–water partition coefficient (Wildman–Crippen LogP) is 3.30. The number of carbonyl (C=O) groups is 2. The third-order valence-electron chi connectivity index (χ3n) is 4.15. The summed E-state index contributed by atoms with van der Waals surface area (Å²) in [6, 6.07) is 12.2. The van der Waals surface area contributed by atoms with Crippen molar-refractivity contribution in [2.24, 2.45) is 0 Å². The van der Waals surface area contributed by atoms with Crippen LogP contribution in [0.4, 0.5) is 9.18 Å². The van der Waals surface area contributed by atoms with Crippen molar-refractivity contribution in [2.75, 3.05) is 5.75 Å². The van der Waals surface area contributed by atoms with Gasteiger partial charge in [0.15, 0.2) is 5.16 Å². The van der Waals surface area contributed by atoms with Crippen LogP contribution >= 0.6 is 11.8 Å². The Bertz CT molecular complexity index is 1170. The van der Waals surface area contributed by atoms with Crippen LogP contribution in [0.3, 0.4) is 0 Å². The Kier molecular flexibility index (Phi) is 6.74. The molecule has 3 amide bonds. The molecule has 0 saturated carbocycles. The topological polar surface area (TPSA) is 93.1 Å². The normalized spacial score (nSPS) is 11.4. The molecule has 0 bridgehead atoms. The summed E-state index contributed by atoms with van der Waals surface area (Å²) in [5, 5.41) is 5.70. The van der Waals surface area contributed by atoms with Gasteiger partial charge in [0.1, 0.15) is 5.82 Å². The number of aromatic nitrogens is 2. The lowest BCUT2D eigenvalue weighted by molar-refractivity contribution is -0.117. The quantitative estimate of drug-likeness (QED) is 0.467. The molecule has 0 aliphatic rings. The molecular formula is C22H23FN4O3S. The number of fused-ring (bicyclic) bond motifs is 1. The maximum absolute atomic E-state index is 13.2. The van der Waals surface area contributed by atoms with E-state index in [9.17, 15) is 18.8 Å². The predicted molar refractivity (Wildman–Crippen MR) is 119 cm³/mol. The molecule has 0 unspecified atom stereocenters. The number of halogens is 1. The summed E-state index contributed by atoms with van der Waals surface area (Å²) in [4.78, 5) is 41.7. The van der Waals surface area contributed by atoms with E-state index >= 15 is 0 Å². The van der Waals surface area contributed by atoms with E-state index in [4.69, 9.17) is 0 Å². The average molecular weight is 443 g/mol. The molecule has 3 rings (SSSR count). The lowest BCUT2D eigenvalue weighted by atomic mass is 10.1. The van der Waals surface area contributed by atoms with Gasteiger partial charge in [-0.05, 0) is 50.6 Å². The summed E-state index contributed by atoms with van der Waals surface area (Å²) in [5.41, 5.74) is 0.489. The number of thioether (sulfide) groups is 1. The van der Waals surface area contributed by atoms with Gasteiger partial charge in [-0.1, -0.05) is 36.0 Å². The number of urea groups is 1. The molecule has 7 nitrogen and oxygen atoms in total. The zero-order valence-corrected chi connectivity index (χ0v) is 18.3. The minimum atomic E-state index is -0.590. The molecule has 0 radical (unpaired) electrons. The van der Waals surface area contributed by atoms with Gasteiger partial charge in [-0.15, -0.1) is 0 Å². The molecule has 0 atom stereocenters. The van der Waals surface area contributed by atoms with Crippen molar-refractivity contribution in [1.82, 2.24) is 20.2 Å². The smallest absolute Gasteiger partial charge is 0.321 e. The van der Waals surface area contributed by atoms with Crippen LogP contribution in [0.1, 0.15) is 26.3 Å². The van der Waals surface area contributed by atoms with Crippen LogP contribution in [0, 0.1) is 5.82 Å². The third-order valence-corrected chi connectivity index (χ3v) is 5.13. The van der Waals surface area contributed by atoms with Crippen LogP contribution in [0.25, 0.3) is 10.9 Å². The average Bonchev–Trinajstić information content (AvgIpc) is 2.69. The molecule has 0 aliphatic carbocycles. The number of amides is 3.